The lowest BCUT2D eigenvalue weighted by Gasteiger charge is -2.03. The van der Waals surface area contributed by atoms with Gasteiger partial charge in [0.15, 0.2) is 0 Å². The van der Waals surface area contributed by atoms with Crippen molar-refractivity contribution >= 4 is 0 Å². The standard InChI is InChI=1S/C6H9F3O2/c7-6(8,9)5-3(1-10)4(5)2-11/h3-5,10-11H,1-2H2/t3-,4-/m0/s1. The Morgan fingerprint density at radius 3 is 1.45 bits per heavy atom. The average molecular weight is 170 g/mol. The summed E-state index contributed by atoms with van der Waals surface area (Å²) in [7, 11) is 0. The molecule has 5 heteroatoms. The van der Waals surface area contributed by atoms with E-state index in [2.05, 4.69) is 0 Å². The molecule has 0 amide bonds. The molecule has 1 aliphatic carbocycles. The molecule has 0 aliphatic heterocycles. The van der Waals surface area contributed by atoms with Gasteiger partial charge >= 0.3 is 6.18 Å². The number of aliphatic hydroxyl groups excluding tert-OH is 2. The Morgan fingerprint density at radius 2 is 1.36 bits per heavy atom. The van der Waals surface area contributed by atoms with E-state index in [0.717, 1.165) is 0 Å². The molecule has 0 saturated heterocycles. The second kappa shape index (κ2) is 2.64. The zero-order valence-corrected chi connectivity index (χ0v) is 5.67. The van der Waals surface area contributed by atoms with Crippen molar-refractivity contribution in [3.63, 3.8) is 0 Å². The fraction of sp³-hybridized carbons (Fsp3) is 1.00. The number of rotatable bonds is 2. The van der Waals surface area contributed by atoms with E-state index >= 15 is 0 Å². The van der Waals surface area contributed by atoms with Crippen LogP contribution in [0.4, 0.5) is 13.2 Å². The largest absolute Gasteiger partial charge is 0.396 e. The van der Waals surface area contributed by atoms with Crippen LogP contribution < -0.4 is 0 Å². The first-order valence-corrected chi connectivity index (χ1v) is 3.30. The summed E-state index contributed by atoms with van der Waals surface area (Å²) in [5.41, 5.74) is 0. The van der Waals surface area contributed by atoms with Crippen LogP contribution in [0.25, 0.3) is 0 Å². The molecule has 2 nitrogen and oxygen atoms in total. The Kier molecular flexibility index (Phi) is 2.11. The van der Waals surface area contributed by atoms with E-state index < -0.39 is 37.1 Å². The van der Waals surface area contributed by atoms with E-state index in [1.165, 1.54) is 0 Å². The zero-order chi connectivity index (χ0) is 8.65. The topological polar surface area (TPSA) is 40.5 Å². The van der Waals surface area contributed by atoms with Crippen molar-refractivity contribution < 1.29 is 23.4 Å². The van der Waals surface area contributed by atoms with E-state index in [1.54, 1.807) is 0 Å². The van der Waals surface area contributed by atoms with Crippen LogP contribution in [-0.4, -0.2) is 29.6 Å². The van der Waals surface area contributed by atoms with Gasteiger partial charge in [-0.2, -0.15) is 13.2 Å². The second-order valence-electron chi connectivity index (χ2n) is 2.76. The summed E-state index contributed by atoms with van der Waals surface area (Å²) in [5.74, 6) is -3.04. The predicted octanol–water partition coefficient (Wildman–Crippen LogP) is 0.396. The SMILES string of the molecule is OC[C@@H]1C(C(F)(F)F)[C@H]1CO. The molecular formula is C6H9F3O2. The van der Waals surface area contributed by atoms with Crippen LogP contribution in [0.2, 0.25) is 0 Å². The molecule has 1 rings (SSSR count). The maximum atomic E-state index is 11.9. The molecule has 0 radical (unpaired) electrons. The molecule has 0 aromatic carbocycles. The fourth-order valence-electron chi connectivity index (χ4n) is 1.43. The fourth-order valence-corrected chi connectivity index (χ4v) is 1.43. The van der Waals surface area contributed by atoms with Gasteiger partial charge in [-0.1, -0.05) is 0 Å². The molecule has 1 fully saturated rings. The Bertz CT molecular complexity index is 135. The highest BCUT2D eigenvalue weighted by Gasteiger charge is 2.63. The van der Waals surface area contributed by atoms with Crippen molar-refractivity contribution in [3.8, 4) is 0 Å². The van der Waals surface area contributed by atoms with Gasteiger partial charge in [-0.3, -0.25) is 0 Å². The molecule has 0 aromatic heterocycles. The molecule has 2 atom stereocenters. The monoisotopic (exact) mass is 170 g/mol. The van der Waals surface area contributed by atoms with Gasteiger partial charge in [0.25, 0.3) is 0 Å². The quantitative estimate of drug-likeness (QED) is 0.629. The molecular weight excluding hydrogens is 161 g/mol. The van der Waals surface area contributed by atoms with Gasteiger partial charge in [-0.05, 0) is 11.8 Å². The first kappa shape index (κ1) is 8.80. The lowest BCUT2D eigenvalue weighted by atomic mass is 10.3. The van der Waals surface area contributed by atoms with Crippen LogP contribution in [-0.2, 0) is 0 Å². The lowest BCUT2D eigenvalue weighted by molar-refractivity contribution is -0.155. The highest BCUT2D eigenvalue weighted by molar-refractivity contribution is 5.00. The van der Waals surface area contributed by atoms with E-state index in [0.29, 0.717) is 0 Å². The van der Waals surface area contributed by atoms with Gasteiger partial charge in [0.1, 0.15) is 0 Å². The van der Waals surface area contributed by atoms with Crippen LogP contribution in [0.1, 0.15) is 0 Å². The predicted molar refractivity (Wildman–Crippen MR) is 30.7 cm³/mol. The Morgan fingerprint density at radius 1 is 1.00 bits per heavy atom. The number of aliphatic hydroxyl groups is 2. The molecule has 2 N–H and O–H groups in total. The lowest BCUT2D eigenvalue weighted by Crippen LogP contribution is -2.14. The average Bonchev–Trinajstić information content (AvgIpc) is 2.58. The summed E-state index contributed by atoms with van der Waals surface area (Å²) in [5, 5.41) is 16.9. The number of alkyl halides is 3. The van der Waals surface area contributed by atoms with E-state index in [1.807, 2.05) is 0 Å². The molecule has 0 heterocycles. The third kappa shape index (κ3) is 1.49. The third-order valence-corrected chi connectivity index (χ3v) is 2.13. The molecule has 0 bridgehead atoms. The smallest absolute Gasteiger partial charge is 0.392 e. The summed E-state index contributed by atoms with van der Waals surface area (Å²) >= 11 is 0. The summed E-state index contributed by atoms with van der Waals surface area (Å²) in [6.45, 7) is -0.981. The van der Waals surface area contributed by atoms with Gasteiger partial charge < -0.3 is 10.2 Å². The summed E-state index contributed by atoms with van der Waals surface area (Å²) < 4.78 is 35.7. The van der Waals surface area contributed by atoms with Gasteiger partial charge in [-0.25, -0.2) is 0 Å². The maximum absolute atomic E-state index is 11.9. The van der Waals surface area contributed by atoms with Gasteiger partial charge in [0.2, 0.25) is 0 Å². The number of hydrogen-bond acceptors (Lipinski definition) is 2. The maximum Gasteiger partial charge on any atom is 0.392 e. The molecule has 66 valence electrons. The zero-order valence-electron chi connectivity index (χ0n) is 5.67. The summed E-state index contributed by atoms with van der Waals surface area (Å²) in [6, 6.07) is 0. The Labute approximate surface area is 61.6 Å². The summed E-state index contributed by atoms with van der Waals surface area (Å²) in [4.78, 5) is 0. The van der Waals surface area contributed by atoms with Gasteiger partial charge in [0, 0.05) is 13.2 Å². The molecule has 1 saturated carbocycles. The Balaban J connectivity index is 2.51. The Hall–Kier alpha value is -0.290. The van der Waals surface area contributed by atoms with Crippen molar-refractivity contribution in [2.45, 2.75) is 6.18 Å². The van der Waals surface area contributed by atoms with Crippen molar-refractivity contribution in [2.75, 3.05) is 13.2 Å². The van der Waals surface area contributed by atoms with Crippen molar-refractivity contribution in [2.24, 2.45) is 17.8 Å². The van der Waals surface area contributed by atoms with E-state index in [4.69, 9.17) is 10.2 Å². The highest BCUT2D eigenvalue weighted by Crippen LogP contribution is 2.54. The molecule has 0 aromatic rings. The second-order valence-corrected chi connectivity index (χ2v) is 2.76. The molecule has 0 spiro atoms. The molecule has 1 aliphatic rings. The van der Waals surface area contributed by atoms with Crippen LogP contribution in [0, 0.1) is 17.8 Å². The molecule has 0 unspecified atom stereocenters. The van der Waals surface area contributed by atoms with Crippen molar-refractivity contribution in [1.82, 2.24) is 0 Å². The van der Waals surface area contributed by atoms with Gasteiger partial charge in [0.05, 0.1) is 5.92 Å². The minimum absolute atomic E-state index is 0.491. The number of hydrogen-bond donors (Lipinski definition) is 2. The minimum Gasteiger partial charge on any atom is -0.396 e. The van der Waals surface area contributed by atoms with E-state index in [-0.39, 0.29) is 0 Å². The number of halogens is 3. The minimum atomic E-state index is -4.26. The first-order valence-electron chi connectivity index (χ1n) is 3.30. The first-order chi connectivity index (χ1) is 5.02. The van der Waals surface area contributed by atoms with Crippen molar-refractivity contribution in [3.05, 3.63) is 0 Å². The van der Waals surface area contributed by atoms with Crippen molar-refractivity contribution in [1.29, 1.82) is 0 Å². The summed E-state index contributed by atoms with van der Waals surface area (Å²) in [6.07, 6.45) is -4.26. The third-order valence-electron chi connectivity index (χ3n) is 2.13. The van der Waals surface area contributed by atoms with Crippen LogP contribution >= 0.6 is 0 Å². The van der Waals surface area contributed by atoms with E-state index in [9.17, 15) is 13.2 Å². The molecule has 11 heavy (non-hydrogen) atoms. The van der Waals surface area contributed by atoms with Crippen LogP contribution in [0.3, 0.4) is 0 Å². The van der Waals surface area contributed by atoms with Crippen LogP contribution in [0.5, 0.6) is 0 Å². The normalized spacial score (nSPS) is 37.4. The highest BCUT2D eigenvalue weighted by atomic mass is 19.4. The van der Waals surface area contributed by atoms with Crippen LogP contribution in [0.15, 0.2) is 0 Å². The van der Waals surface area contributed by atoms with Gasteiger partial charge in [-0.15, -0.1) is 0 Å².